The van der Waals surface area contributed by atoms with Crippen molar-refractivity contribution in [2.75, 3.05) is 6.54 Å². The van der Waals surface area contributed by atoms with E-state index in [0.29, 0.717) is 5.56 Å². The molecule has 3 N–H and O–H groups in total. The van der Waals surface area contributed by atoms with Crippen molar-refractivity contribution >= 4 is 5.97 Å². The largest absolute Gasteiger partial charge is 0.458 e. The van der Waals surface area contributed by atoms with Gasteiger partial charge in [0.1, 0.15) is 5.60 Å². The lowest BCUT2D eigenvalue weighted by molar-refractivity contribution is -0.177. The third-order valence-corrected chi connectivity index (χ3v) is 2.24. The van der Waals surface area contributed by atoms with Crippen molar-refractivity contribution in [1.82, 2.24) is 0 Å². The van der Waals surface area contributed by atoms with Crippen molar-refractivity contribution in [3.05, 3.63) is 35.9 Å². The molecule has 1 atom stereocenters. The van der Waals surface area contributed by atoms with Crippen LogP contribution in [-0.4, -0.2) is 23.2 Å². The first-order valence-electron chi connectivity index (χ1n) is 6.45. The average Bonchev–Trinajstić information content (AvgIpc) is 2.38. The molecule has 0 aromatic heterocycles. The van der Waals surface area contributed by atoms with E-state index in [-0.39, 0.29) is 6.54 Å². The molecular formula is C13H19NO3. The molecule has 0 amide bonds. The van der Waals surface area contributed by atoms with Gasteiger partial charge >= 0.3 is 5.97 Å². The maximum Gasteiger partial charge on any atom is 0.344 e. The molecule has 0 saturated carbocycles. The molecule has 0 saturated heterocycles. The number of rotatable bonds is 3. The second kappa shape index (κ2) is 4.85. The van der Waals surface area contributed by atoms with Gasteiger partial charge in [-0.25, -0.2) is 4.79 Å². The maximum atomic E-state index is 12.1. The summed E-state index contributed by atoms with van der Waals surface area (Å²) in [6.45, 7) is 1.18. The monoisotopic (exact) mass is 239 g/mol. The lowest BCUT2D eigenvalue weighted by Crippen LogP contribution is -2.46. The second-order valence-electron chi connectivity index (χ2n) is 4.42. The van der Waals surface area contributed by atoms with Gasteiger partial charge in [-0.1, -0.05) is 30.3 Å². The molecule has 0 spiro atoms. The first kappa shape index (κ1) is 10.7. The highest BCUT2D eigenvalue weighted by Gasteiger charge is 2.40. The van der Waals surface area contributed by atoms with E-state index in [1.807, 2.05) is 0 Å². The van der Waals surface area contributed by atoms with Crippen LogP contribution in [0.15, 0.2) is 30.3 Å². The Morgan fingerprint density at radius 3 is 2.53 bits per heavy atom. The Hall–Kier alpha value is -1.39. The van der Waals surface area contributed by atoms with E-state index in [9.17, 15) is 9.90 Å². The number of hydrogen-bond donors (Lipinski definition) is 2. The molecule has 1 aromatic rings. The van der Waals surface area contributed by atoms with Crippen molar-refractivity contribution in [1.29, 1.82) is 0 Å². The molecular weight excluding hydrogens is 218 g/mol. The first-order chi connectivity index (χ1) is 8.74. The molecule has 0 aliphatic carbocycles. The number of nitrogens with two attached hydrogens (primary N) is 1. The zero-order valence-electron chi connectivity index (χ0n) is 12.0. The van der Waals surface area contributed by atoms with E-state index >= 15 is 0 Å². The number of ether oxygens (including phenoxy) is 1. The smallest absolute Gasteiger partial charge is 0.344 e. The fourth-order valence-corrected chi connectivity index (χ4v) is 1.36. The van der Waals surface area contributed by atoms with Gasteiger partial charge in [0, 0.05) is 9.29 Å². The Balaban J connectivity index is 3.01. The minimum atomic E-state index is -1.96. The minimum absolute atomic E-state index is 0.324. The molecule has 0 heterocycles. The average molecular weight is 239 g/mol. The Bertz CT molecular complexity index is 437. The van der Waals surface area contributed by atoms with Crippen molar-refractivity contribution in [3.63, 3.8) is 0 Å². The van der Waals surface area contributed by atoms with Crippen LogP contribution >= 0.6 is 0 Å². The molecule has 17 heavy (non-hydrogen) atoms. The predicted molar refractivity (Wildman–Crippen MR) is 65.2 cm³/mol. The highest BCUT2D eigenvalue weighted by molar-refractivity contribution is 5.81. The van der Waals surface area contributed by atoms with Crippen LogP contribution in [-0.2, 0) is 15.1 Å². The molecule has 0 aliphatic rings. The highest BCUT2D eigenvalue weighted by Crippen LogP contribution is 2.24. The molecule has 1 unspecified atom stereocenters. The number of carbonyl (C=O) groups is 1. The van der Waals surface area contributed by atoms with Crippen molar-refractivity contribution in [3.8, 4) is 0 Å². The molecule has 0 bridgehead atoms. The summed E-state index contributed by atoms with van der Waals surface area (Å²) in [5.74, 6) is -0.948. The summed E-state index contributed by atoms with van der Waals surface area (Å²) in [6, 6.07) is 8.23. The van der Waals surface area contributed by atoms with Crippen LogP contribution in [0.25, 0.3) is 0 Å². The zero-order valence-corrected chi connectivity index (χ0v) is 10.0. The van der Waals surface area contributed by atoms with Crippen molar-refractivity contribution in [2.24, 2.45) is 5.73 Å². The van der Waals surface area contributed by atoms with Gasteiger partial charge in [-0.15, -0.1) is 0 Å². The Morgan fingerprint density at radius 1 is 1.47 bits per heavy atom. The normalized spacial score (nSPS) is 17.0. The Morgan fingerprint density at radius 2 is 2.06 bits per heavy atom. The number of esters is 1. The van der Waals surface area contributed by atoms with Crippen molar-refractivity contribution < 1.29 is 17.4 Å². The number of benzene rings is 1. The van der Waals surface area contributed by atoms with E-state index < -0.39 is 24.0 Å². The number of aliphatic hydroxyl groups is 1. The van der Waals surface area contributed by atoms with Gasteiger partial charge in [0.2, 0.25) is 0 Å². The second-order valence-corrected chi connectivity index (χ2v) is 4.42. The molecule has 94 valence electrons. The fourth-order valence-electron chi connectivity index (χ4n) is 1.36. The summed E-state index contributed by atoms with van der Waals surface area (Å²) < 4.78 is 19.7. The van der Waals surface area contributed by atoms with Crippen LogP contribution < -0.4 is 5.73 Å². The summed E-state index contributed by atoms with van der Waals surface area (Å²) in [7, 11) is 0. The SMILES string of the molecule is [2H]C([2H])C(C)(C)OC(=O)C(O)(CN)c1ccccc1. The fraction of sp³-hybridized carbons (Fsp3) is 0.462. The van der Waals surface area contributed by atoms with Gasteiger partial charge < -0.3 is 15.6 Å². The molecule has 0 aliphatic heterocycles. The standard InChI is InChI=1S/C13H19NO3/c1-12(2,3)17-11(15)13(16,9-14)10-7-5-4-6-8-10/h4-8,16H,9,14H2,1-3H3/i1D2. The van der Waals surface area contributed by atoms with Crippen LogP contribution in [0.1, 0.15) is 29.0 Å². The van der Waals surface area contributed by atoms with Crippen LogP contribution in [0.2, 0.25) is 0 Å². The zero-order chi connectivity index (χ0) is 14.7. The van der Waals surface area contributed by atoms with E-state index in [4.69, 9.17) is 13.2 Å². The third kappa shape index (κ3) is 3.28. The maximum absolute atomic E-state index is 12.1. The number of hydrogen-bond acceptors (Lipinski definition) is 4. The predicted octanol–water partition coefficient (Wildman–Crippen LogP) is 1.17. The summed E-state index contributed by atoms with van der Waals surface area (Å²) in [4.78, 5) is 12.1. The van der Waals surface area contributed by atoms with E-state index in [1.54, 1.807) is 30.3 Å². The summed E-state index contributed by atoms with van der Waals surface area (Å²) >= 11 is 0. The van der Waals surface area contributed by atoms with E-state index in [1.165, 1.54) is 13.8 Å². The molecule has 1 aromatic carbocycles. The first-order valence-corrected chi connectivity index (χ1v) is 5.30. The third-order valence-electron chi connectivity index (χ3n) is 2.24. The Kier molecular flexibility index (Phi) is 3.07. The van der Waals surface area contributed by atoms with Gasteiger partial charge in [-0.2, -0.15) is 0 Å². The molecule has 0 radical (unpaired) electrons. The summed E-state index contributed by atoms with van der Waals surface area (Å²) in [5, 5.41) is 10.4. The van der Waals surface area contributed by atoms with Gasteiger partial charge in [0.15, 0.2) is 5.60 Å². The minimum Gasteiger partial charge on any atom is -0.458 e. The van der Waals surface area contributed by atoms with Gasteiger partial charge in [-0.05, 0) is 26.3 Å². The summed E-state index contributed by atoms with van der Waals surface area (Å²) in [6.07, 6.45) is 0. The van der Waals surface area contributed by atoms with Gasteiger partial charge in [-0.3, -0.25) is 0 Å². The topological polar surface area (TPSA) is 72.5 Å². The van der Waals surface area contributed by atoms with Gasteiger partial charge in [0.05, 0.1) is 0 Å². The molecule has 4 nitrogen and oxygen atoms in total. The Labute approximate surface area is 104 Å². The van der Waals surface area contributed by atoms with Crippen LogP contribution in [0, 0.1) is 0 Å². The lowest BCUT2D eigenvalue weighted by atomic mass is 9.94. The number of carbonyl (C=O) groups excluding carboxylic acids is 1. The summed E-state index contributed by atoms with van der Waals surface area (Å²) in [5.41, 5.74) is 2.52. The lowest BCUT2D eigenvalue weighted by Gasteiger charge is -2.29. The highest BCUT2D eigenvalue weighted by atomic mass is 16.6. The molecule has 0 fully saturated rings. The van der Waals surface area contributed by atoms with E-state index in [0.717, 1.165) is 0 Å². The van der Waals surface area contributed by atoms with Crippen molar-refractivity contribution in [2.45, 2.75) is 31.9 Å². The van der Waals surface area contributed by atoms with Crippen LogP contribution in [0.3, 0.4) is 0 Å². The van der Waals surface area contributed by atoms with Crippen LogP contribution in [0.5, 0.6) is 0 Å². The van der Waals surface area contributed by atoms with Gasteiger partial charge in [0.25, 0.3) is 0 Å². The van der Waals surface area contributed by atoms with E-state index in [2.05, 4.69) is 0 Å². The molecule has 1 rings (SSSR count). The van der Waals surface area contributed by atoms with Crippen LogP contribution in [0.4, 0.5) is 0 Å². The quantitative estimate of drug-likeness (QED) is 0.777. The molecule has 4 heteroatoms.